The number of aromatic nitrogens is 1. The summed E-state index contributed by atoms with van der Waals surface area (Å²) in [5.74, 6) is 2.01. The zero-order chi connectivity index (χ0) is 15.0. The quantitative estimate of drug-likeness (QED) is 0.793. The van der Waals surface area contributed by atoms with Gasteiger partial charge in [-0.05, 0) is 25.1 Å². The number of morpholine rings is 2. The van der Waals surface area contributed by atoms with E-state index in [1.54, 1.807) is 0 Å². The van der Waals surface area contributed by atoms with E-state index >= 15 is 0 Å². The number of hydrogen-bond donors (Lipinski definition) is 1. The van der Waals surface area contributed by atoms with E-state index in [0.29, 0.717) is 0 Å². The SMILES string of the molecule is c1cc(NCCCN2CCOCC2)nc(N2CCOCC2)c1. The topological polar surface area (TPSA) is 49.9 Å². The fraction of sp³-hybridized carbons (Fsp3) is 0.688. The van der Waals surface area contributed by atoms with E-state index in [1.165, 1.54) is 0 Å². The normalized spacial score (nSPS) is 20.1. The van der Waals surface area contributed by atoms with Crippen molar-refractivity contribution in [2.24, 2.45) is 0 Å². The van der Waals surface area contributed by atoms with Gasteiger partial charge in [0.25, 0.3) is 0 Å². The Morgan fingerprint density at radius 2 is 1.73 bits per heavy atom. The maximum atomic E-state index is 5.39. The van der Waals surface area contributed by atoms with Crippen molar-refractivity contribution in [2.45, 2.75) is 6.42 Å². The number of nitrogens with zero attached hydrogens (tertiary/aromatic N) is 3. The Kier molecular flexibility index (Phi) is 5.86. The lowest BCUT2D eigenvalue weighted by Crippen LogP contribution is -2.37. The second-order valence-electron chi connectivity index (χ2n) is 5.71. The Labute approximate surface area is 132 Å². The molecule has 2 aliphatic rings. The number of hydrogen-bond acceptors (Lipinski definition) is 6. The van der Waals surface area contributed by atoms with Gasteiger partial charge in [-0.3, -0.25) is 4.90 Å². The maximum Gasteiger partial charge on any atom is 0.131 e. The largest absolute Gasteiger partial charge is 0.379 e. The molecule has 2 aliphatic heterocycles. The molecule has 2 fully saturated rings. The van der Waals surface area contributed by atoms with Crippen LogP contribution in [0.3, 0.4) is 0 Å². The smallest absolute Gasteiger partial charge is 0.131 e. The molecule has 0 bridgehead atoms. The first-order valence-electron chi connectivity index (χ1n) is 8.25. The van der Waals surface area contributed by atoms with Crippen molar-refractivity contribution in [3.63, 3.8) is 0 Å². The number of rotatable bonds is 6. The molecular formula is C16H26N4O2. The first-order chi connectivity index (χ1) is 10.9. The highest BCUT2D eigenvalue weighted by atomic mass is 16.5. The molecule has 6 heteroatoms. The first-order valence-corrected chi connectivity index (χ1v) is 8.25. The number of pyridine rings is 1. The monoisotopic (exact) mass is 306 g/mol. The Hall–Kier alpha value is -1.37. The van der Waals surface area contributed by atoms with Gasteiger partial charge in [0.15, 0.2) is 0 Å². The summed E-state index contributed by atoms with van der Waals surface area (Å²) in [6, 6.07) is 6.19. The lowest BCUT2D eigenvalue weighted by Gasteiger charge is -2.28. The van der Waals surface area contributed by atoms with Gasteiger partial charge < -0.3 is 19.7 Å². The van der Waals surface area contributed by atoms with Crippen LogP contribution in [0.5, 0.6) is 0 Å². The molecule has 122 valence electrons. The molecule has 0 radical (unpaired) electrons. The Morgan fingerprint density at radius 3 is 2.50 bits per heavy atom. The van der Waals surface area contributed by atoms with Gasteiger partial charge >= 0.3 is 0 Å². The molecule has 0 amide bonds. The van der Waals surface area contributed by atoms with Crippen LogP contribution in [0.4, 0.5) is 11.6 Å². The third-order valence-corrected chi connectivity index (χ3v) is 4.13. The van der Waals surface area contributed by atoms with E-state index in [0.717, 1.165) is 83.8 Å². The predicted molar refractivity (Wildman–Crippen MR) is 87.6 cm³/mol. The minimum Gasteiger partial charge on any atom is -0.379 e. The van der Waals surface area contributed by atoms with E-state index in [9.17, 15) is 0 Å². The summed E-state index contributed by atoms with van der Waals surface area (Å²) in [7, 11) is 0. The fourth-order valence-electron chi connectivity index (χ4n) is 2.83. The molecule has 0 spiro atoms. The summed E-state index contributed by atoms with van der Waals surface area (Å²) in [6.07, 6.45) is 1.13. The lowest BCUT2D eigenvalue weighted by atomic mass is 10.3. The van der Waals surface area contributed by atoms with E-state index in [2.05, 4.69) is 27.2 Å². The van der Waals surface area contributed by atoms with Crippen LogP contribution in [-0.4, -0.2) is 75.6 Å². The minimum atomic E-state index is 0.791. The van der Waals surface area contributed by atoms with Crippen molar-refractivity contribution in [1.29, 1.82) is 0 Å². The highest BCUT2D eigenvalue weighted by molar-refractivity contribution is 5.47. The van der Waals surface area contributed by atoms with Crippen LogP contribution in [-0.2, 0) is 9.47 Å². The molecule has 0 unspecified atom stereocenters. The average molecular weight is 306 g/mol. The van der Waals surface area contributed by atoms with Crippen molar-refractivity contribution in [3.05, 3.63) is 18.2 Å². The average Bonchev–Trinajstić information content (AvgIpc) is 2.61. The molecule has 0 atom stereocenters. The van der Waals surface area contributed by atoms with E-state index in [-0.39, 0.29) is 0 Å². The van der Waals surface area contributed by atoms with Crippen LogP contribution in [0.25, 0.3) is 0 Å². The van der Waals surface area contributed by atoms with Crippen LogP contribution >= 0.6 is 0 Å². The van der Waals surface area contributed by atoms with Crippen molar-refractivity contribution >= 4 is 11.6 Å². The van der Waals surface area contributed by atoms with Gasteiger partial charge in [-0.1, -0.05) is 6.07 Å². The summed E-state index contributed by atoms with van der Waals surface area (Å²) in [6.45, 7) is 9.37. The van der Waals surface area contributed by atoms with Gasteiger partial charge in [0.2, 0.25) is 0 Å². The highest BCUT2D eigenvalue weighted by Gasteiger charge is 2.12. The molecule has 1 aromatic heterocycles. The fourth-order valence-corrected chi connectivity index (χ4v) is 2.83. The molecule has 1 aromatic rings. The summed E-state index contributed by atoms with van der Waals surface area (Å²) in [4.78, 5) is 9.45. The Morgan fingerprint density at radius 1 is 1.00 bits per heavy atom. The number of anilines is 2. The van der Waals surface area contributed by atoms with E-state index in [4.69, 9.17) is 14.5 Å². The summed E-state index contributed by atoms with van der Waals surface area (Å²) in [5, 5.41) is 3.44. The second kappa shape index (κ2) is 8.31. The van der Waals surface area contributed by atoms with E-state index < -0.39 is 0 Å². The minimum absolute atomic E-state index is 0.791. The van der Waals surface area contributed by atoms with Gasteiger partial charge in [-0.25, -0.2) is 4.98 Å². The standard InChI is InChI=1S/C16H26N4O2/c1-3-15(17-5-2-6-19-7-11-21-12-8-19)18-16(4-1)20-9-13-22-14-10-20/h1,3-4H,2,5-14H2,(H,17,18). The zero-order valence-corrected chi connectivity index (χ0v) is 13.2. The van der Waals surface area contributed by atoms with Crippen LogP contribution in [0.2, 0.25) is 0 Å². The van der Waals surface area contributed by atoms with Crippen LogP contribution in [0.1, 0.15) is 6.42 Å². The molecule has 0 aliphatic carbocycles. The van der Waals surface area contributed by atoms with Gasteiger partial charge in [0.1, 0.15) is 11.6 Å². The predicted octanol–water partition coefficient (Wildman–Crippen LogP) is 1.05. The maximum absolute atomic E-state index is 5.39. The van der Waals surface area contributed by atoms with Crippen LogP contribution in [0, 0.1) is 0 Å². The van der Waals surface area contributed by atoms with Gasteiger partial charge in [-0.2, -0.15) is 0 Å². The number of ether oxygens (including phenoxy) is 2. The molecule has 2 saturated heterocycles. The Balaban J connectivity index is 1.42. The van der Waals surface area contributed by atoms with E-state index in [1.807, 2.05) is 6.07 Å². The molecular weight excluding hydrogens is 280 g/mol. The molecule has 0 aromatic carbocycles. The van der Waals surface area contributed by atoms with Gasteiger partial charge in [0, 0.05) is 32.7 Å². The highest BCUT2D eigenvalue weighted by Crippen LogP contribution is 2.15. The van der Waals surface area contributed by atoms with Crippen molar-refractivity contribution in [2.75, 3.05) is 75.9 Å². The summed E-state index contributed by atoms with van der Waals surface area (Å²) in [5.41, 5.74) is 0. The summed E-state index contributed by atoms with van der Waals surface area (Å²) < 4.78 is 10.8. The molecule has 3 rings (SSSR count). The van der Waals surface area contributed by atoms with Gasteiger partial charge in [0.05, 0.1) is 26.4 Å². The first kappa shape index (κ1) is 15.5. The second-order valence-corrected chi connectivity index (χ2v) is 5.71. The molecule has 0 saturated carbocycles. The third-order valence-electron chi connectivity index (χ3n) is 4.13. The van der Waals surface area contributed by atoms with Crippen LogP contribution in [0.15, 0.2) is 18.2 Å². The zero-order valence-electron chi connectivity index (χ0n) is 13.2. The molecule has 22 heavy (non-hydrogen) atoms. The molecule has 6 nitrogen and oxygen atoms in total. The third kappa shape index (κ3) is 4.56. The van der Waals surface area contributed by atoms with Crippen molar-refractivity contribution in [3.8, 4) is 0 Å². The number of nitrogens with one attached hydrogen (secondary N) is 1. The Bertz CT molecular complexity index is 446. The molecule has 1 N–H and O–H groups in total. The van der Waals surface area contributed by atoms with Crippen molar-refractivity contribution in [1.82, 2.24) is 9.88 Å². The lowest BCUT2D eigenvalue weighted by molar-refractivity contribution is 0.0378. The van der Waals surface area contributed by atoms with Crippen molar-refractivity contribution < 1.29 is 9.47 Å². The molecule has 3 heterocycles. The van der Waals surface area contributed by atoms with Crippen LogP contribution < -0.4 is 10.2 Å². The van der Waals surface area contributed by atoms with Gasteiger partial charge in [-0.15, -0.1) is 0 Å². The summed E-state index contributed by atoms with van der Waals surface area (Å²) >= 11 is 0.